The Bertz CT molecular complexity index is 1190. The van der Waals surface area contributed by atoms with Gasteiger partial charge in [-0.05, 0) is 55.5 Å². The van der Waals surface area contributed by atoms with Crippen LogP contribution in [0.2, 0.25) is 0 Å². The second-order valence-electron chi connectivity index (χ2n) is 6.86. The maximum absolute atomic E-state index is 12.5. The number of anilines is 1. The molecule has 0 aliphatic heterocycles. The van der Waals surface area contributed by atoms with Gasteiger partial charge in [-0.25, -0.2) is 4.98 Å². The molecule has 0 aliphatic rings. The molecule has 1 N–H and O–H groups in total. The van der Waals surface area contributed by atoms with Crippen molar-refractivity contribution in [2.45, 2.75) is 11.3 Å². The van der Waals surface area contributed by atoms with Gasteiger partial charge in [-0.2, -0.15) is 0 Å². The van der Waals surface area contributed by atoms with E-state index in [1.54, 1.807) is 48.4 Å². The third-order valence-electron chi connectivity index (χ3n) is 4.56. The molecule has 7 heteroatoms. The number of aromatic nitrogens is 1. The monoisotopic (exact) mass is 450 g/mol. The highest BCUT2D eigenvalue weighted by atomic mass is 32.2. The molecule has 0 unspecified atom stereocenters. The smallest absolute Gasteiger partial charge is 0.255 e. The SMILES string of the molecule is COc1cccc(C(=O)Nc2ccc3nc(SCCOc4ccc(C)cc4)sc3c2)c1. The van der Waals surface area contributed by atoms with Crippen molar-refractivity contribution in [1.82, 2.24) is 4.98 Å². The average Bonchev–Trinajstić information content (AvgIpc) is 3.20. The van der Waals surface area contributed by atoms with E-state index in [-0.39, 0.29) is 5.91 Å². The summed E-state index contributed by atoms with van der Waals surface area (Å²) >= 11 is 3.28. The first-order valence-electron chi connectivity index (χ1n) is 9.79. The number of ether oxygens (including phenoxy) is 2. The molecule has 5 nitrogen and oxygen atoms in total. The van der Waals surface area contributed by atoms with Gasteiger partial charge in [-0.1, -0.05) is 35.5 Å². The highest BCUT2D eigenvalue weighted by Crippen LogP contribution is 2.31. The van der Waals surface area contributed by atoms with Crippen LogP contribution in [0.4, 0.5) is 5.69 Å². The summed E-state index contributed by atoms with van der Waals surface area (Å²) in [6.45, 7) is 2.67. The fourth-order valence-corrected chi connectivity index (χ4v) is 4.93. The van der Waals surface area contributed by atoms with Gasteiger partial charge in [0.25, 0.3) is 5.91 Å². The number of thiazole rings is 1. The number of hydrogen-bond acceptors (Lipinski definition) is 6. The number of nitrogens with one attached hydrogen (secondary N) is 1. The van der Waals surface area contributed by atoms with Crippen LogP contribution in [0.25, 0.3) is 10.2 Å². The molecule has 0 bridgehead atoms. The van der Waals surface area contributed by atoms with Crippen molar-refractivity contribution in [3.63, 3.8) is 0 Å². The zero-order valence-electron chi connectivity index (χ0n) is 17.3. The Morgan fingerprint density at radius 2 is 1.90 bits per heavy atom. The Morgan fingerprint density at radius 3 is 2.71 bits per heavy atom. The number of aryl methyl sites for hydroxylation is 1. The van der Waals surface area contributed by atoms with E-state index in [2.05, 4.69) is 17.2 Å². The number of carbonyl (C=O) groups excluding carboxylic acids is 1. The molecule has 158 valence electrons. The first kappa shape index (κ1) is 21.2. The first-order chi connectivity index (χ1) is 15.1. The molecule has 0 saturated carbocycles. The summed E-state index contributed by atoms with van der Waals surface area (Å²) in [4.78, 5) is 17.2. The largest absolute Gasteiger partial charge is 0.497 e. The van der Waals surface area contributed by atoms with Gasteiger partial charge in [0.1, 0.15) is 11.5 Å². The van der Waals surface area contributed by atoms with Gasteiger partial charge in [0, 0.05) is 17.0 Å². The summed E-state index contributed by atoms with van der Waals surface area (Å²) in [7, 11) is 1.58. The predicted molar refractivity (Wildman–Crippen MR) is 128 cm³/mol. The maximum Gasteiger partial charge on any atom is 0.255 e. The molecular formula is C24H22N2O3S2. The predicted octanol–water partition coefficient (Wildman–Crippen LogP) is 6.04. The van der Waals surface area contributed by atoms with Gasteiger partial charge in [0.05, 0.1) is 23.9 Å². The van der Waals surface area contributed by atoms with Crippen LogP contribution in [0.15, 0.2) is 71.1 Å². The van der Waals surface area contributed by atoms with Crippen molar-refractivity contribution in [1.29, 1.82) is 0 Å². The molecule has 1 aromatic heterocycles. The topological polar surface area (TPSA) is 60.5 Å². The van der Waals surface area contributed by atoms with Gasteiger partial charge < -0.3 is 14.8 Å². The Labute approximate surface area is 189 Å². The number of amides is 1. The van der Waals surface area contributed by atoms with Crippen LogP contribution in [0.5, 0.6) is 11.5 Å². The lowest BCUT2D eigenvalue weighted by atomic mass is 10.2. The minimum Gasteiger partial charge on any atom is -0.497 e. The number of thioether (sulfide) groups is 1. The van der Waals surface area contributed by atoms with Crippen LogP contribution in [-0.2, 0) is 0 Å². The molecule has 0 aliphatic carbocycles. The Balaban J connectivity index is 1.35. The normalized spacial score (nSPS) is 10.8. The lowest BCUT2D eigenvalue weighted by Gasteiger charge is -2.06. The molecule has 4 aromatic rings. The van der Waals surface area contributed by atoms with E-state index in [0.29, 0.717) is 17.9 Å². The summed E-state index contributed by atoms with van der Waals surface area (Å²) < 4.78 is 13.0. The highest BCUT2D eigenvalue weighted by Gasteiger charge is 2.10. The number of carbonyl (C=O) groups is 1. The van der Waals surface area contributed by atoms with Crippen molar-refractivity contribution in [2.75, 3.05) is 24.8 Å². The van der Waals surface area contributed by atoms with E-state index in [1.807, 2.05) is 48.5 Å². The molecule has 1 amide bonds. The summed E-state index contributed by atoms with van der Waals surface area (Å²) in [6, 6.07) is 20.9. The third-order valence-corrected chi connectivity index (χ3v) is 6.68. The van der Waals surface area contributed by atoms with Crippen molar-refractivity contribution in [3.8, 4) is 11.5 Å². The number of fused-ring (bicyclic) bond motifs is 1. The van der Waals surface area contributed by atoms with E-state index < -0.39 is 0 Å². The second kappa shape index (κ2) is 9.85. The highest BCUT2D eigenvalue weighted by molar-refractivity contribution is 8.01. The summed E-state index contributed by atoms with van der Waals surface area (Å²) in [5.74, 6) is 2.17. The fraction of sp³-hybridized carbons (Fsp3) is 0.167. The second-order valence-corrected chi connectivity index (χ2v) is 9.23. The third kappa shape index (κ3) is 5.57. The lowest BCUT2D eigenvalue weighted by molar-refractivity contribution is 0.102. The number of methoxy groups -OCH3 is 1. The average molecular weight is 451 g/mol. The lowest BCUT2D eigenvalue weighted by Crippen LogP contribution is -2.11. The quantitative estimate of drug-likeness (QED) is 0.262. The minimum absolute atomic E-state index is 0.175. The minimum atomic E-state index is -0.175. The van der Waals surface area contributed by atoms with Crippen molar-refractivity contribution in [2.24, 2.45) is 0 Å². The van der Waals surface area contributed by atoms with Crippen LogP contribution < -0.4 is 14.8 Å². The molecular weight excluding hydrogens is 428 g/mol. The molecule has 0 spiro atoms. The van der Waals surface area contributed by atoms with E-state index >= 15 is 0 Å². The Hall–Kier alpha value is -3.03. The fourth-order valence-electron chi connectivity index (χ4n) is 2.93. The van der Waals surface area contributed by atoms with Crippen molar-refractivity contribution >= 4 is 44.9 Å². The van der Waals surface area contributed by atoms with Gasteiger partial charge in [0.2, 0.25) is 0 Å². The van der Waals surface area contributed by atoms with E-state index in [0.717, 1.165) is 31.7 Å². The van der Waals surface area contributed by atoms with E-state index in [9.17, 15) is 4.79 Å². The van der Waals surface area contributed by atoms with Crippen molar-refractivity contribution in [3.05, 3.63) is 77.9 Å². The van der Waals surface area contributed by atoms with Crippen molar-refractivity contribution < 1.29 is 14.3 Å². The van der Waals surface area contributed by atoms with Crippen LogP contribution in [-0.4, -0.2) is 30.4 Å². The number of nitrogens with zero attached hydrogens (tertiary/aromatic N) is 1. The molecule has 31 heavy (non-hydrogen) atoms. The van der Waals surface area contributed by atoms with Gasteiger partial charge in [0.15, 0.2) is 4.34 Å². The summed E-state index contributed by atoms with van der Waals surface area (Å²) in [5, 5.41) is 2.94. The Morgan fingerprint density at radius 1 is 1.06 bits per heavy atom. The summed E-state index contributed by atoms with van der Waals surface area (Å²) in [6.07, 6.45) is 0. The summed E-state index contributed by atoms with van der Waals surface area (Å²) in [5.41, 5.74) is 3.43. The molecule has 1 heterocycles. The zero-order chi connectivity index (χ0) is 21.6. The number of rotatable bonds is 8. The van der Waals surface area contributed by atoms with Gasteiger partial charge in [-0.3, -0.25) is 4.79 Å². The van der Waals surface area contributed by atoms with Crippen LogP contribution in [0.3, 0.4) is 0 Å². The molecule has 0 atom stereocenters. The first-order valence-corrected chi connectivity index (χ1v) is 11.6. The van der Waals surface area contributed by atoms with Crippen LogP contribution in [0.1, 0.15) is 15.9 Å². The van der Waals surface area contributed by atoms with Gasteiger partial charge >= 0.3 is 0 Å². The Kier molecular flexibility index (Phi) is 6.74. The standard InChI is InChI=1S/C24H22N2O3S2/c1-16-6-9-19(10-7-16)29-12-13-30-24-26-21-11-8-18(15-22(21)31-24)25-23(27)17-4-3-5-20(14-17)28-2/h3-11,14-15H,12-13H2,1-2H3,(H,25,27). The van der Waals surface area contributed by atoms with Crippen LogP contribution in [0, 0.1) is 6.92 Å². The number of benzene rings is 3. The maximum atomic E-state index is 12.5. The molecule has 0 saturated heterocycles. The number of hydrogen-bond donors (Lipinski definition) is 1. The van der Waals surface area contributed by atoms with E-state index in [4.69, 9.17) is 9.47 Å². The zero-order valence-corrected chi connectivity index (χ0v) is 18.9. The molecule has 0 fully saturated rings. The van der Waals surface area contributed by atoms with Gasteiger partial charge in [-0.15, -0.1) is 11.3 Å². The van der Waals surface area contributed by atoms with E-state index in [1.165, 1.54) is 5.56 Å². The van der Waals surface area contributed by atoms with Crippen LogP contribution >= 0.6 is 23.1 Å². The molecule has 3 aromatic carbocycles. The molecule has 0 radical (unpaired) electrons. The molecule has 4 rings (SSSR count).